The lowest BCUT2D eigenvalue weighted by Gasteiger charge is -2.64. The lowest BCUT2D eigenvalue weighted by molar-refractivity contribution is -0.396. The maximum absolute atomic E-state index is 13.5. The Bertz CT molecular complexity index is 1490. The van der Waals surface area contributed by atoms with E-state index >= 15 is 0 Å². The first-order valence-electron chi connectivity index (χ1n) is 21.3. The molecule has 20 atom stereocenters. The molecule has 0 amide bonds. The molecule has 18 heteroatoms. The quantitative estimate of drug-likeness (QED) is 0.0574. The van der Waals surface area contributed by atoms with Crippen molar-refractivity contribution in [2.24, 2.45) is 28.1 Å². The molecule has 0 aromatic heterocycles. The Morgan fingerprint density at radius 2 is 1.44 bits per heavy atom. The average molecular weight is 847 g/mol. The van der Waals surface area contributed by atoms with E-state index in [9.17, 15) is 55.9 Å². The van der Waals surface area contributed by atoms with Crippen LogP contribution in [0.5, 0.6) is 0 Å². The smallest absolute Gasteiger partial charge is 0.312 e. The molecule has 3 aliphatic heterocycles. The first-order valence-corrected chi connectivity index (χ1v) is 21.3. The molecule has 3 heterocycles. The number of carbonyl (C=O) groups is 1. The summed E-state index contributed by atoms with van der Waals surface area (Å²) in [6, 6.07) is 0. The van der Waals surface area contributed by atoms with Crippen molar-refractivity contribution < 1.29 is 89.0 Å². The molecule has 2 bridgehead atoms. The average Bonchev–Trinajstić information content (AvgIpc) is 3.40. The Hall–Kier alpha value is -1.43. The first-order chi connectivity index (χ1) is 28.0. The van der Waals surface area contributed by atoms with Crippen LogP contribution in [0.1, 0.15) is 84.5 Å². The van der Waals surface area contributed by atoms with Gasteiger partial charge in [-0.3, -0.25) is 4.79 Å². The van der Waals surface area contributed by atoms with Crippen LogP contribution in [0.2, 0.25) is 0 Å². The highest BCUT2D eigenvalue weighted by Gasteiger charge is 2.69. The number of ether oxygens (including phenoxy) is 7. The van der Waals surface area contributed by atoms with Gasteiger partial charge in [-0.15, -0.1) is 0 Å². The Morgan fingerprint density at radius 3 is 2.14 bits per heavy atom. The normalized spacial score (nSPS) is 51.2. The molecule has 0 aromatic carbocycles. The number of rotatable bonds is 13. The van der Waals surface area contributed by atoms with Gasteiger partial charge < -0.3 is 84.2 Å². The highest BCUT2D eigenvalue weighted by atomic mass is 16.8. The standard InChI is InChI=1S/C41H66O18/c1-20-16-40-10-5-25-38(2,8-4-9-39(25,3)37(52)53-14-13-43)26(40)6-11-41(20,19-40)59-36-33(58-35-31(51)30(50)28(48)24(18-45)56-35)32(29(49)23(55-36)7-12-42)57-34-27(47)22(46)15-21(17-44)54-34/h21-36,42-51H,1,4-19H2,2-3H3/t21-,22-,23+,24+,25-,26-,27+,28+,29+,30-,31+,32-,33+,34-,35-,36-,38+,39+,40+,41-/m0/s1. The topological polar surface area (TPSA) is 284 Å². The summed E-state index contributed by atoms with van der Waals surface area (Å²) in [6.45, 7) is 6.90. The number of hydrogen-bond donors (Lipinski definition) is 10. The van der Waals surface area contributed by atoms with Crippen LogP contribution < -0.4 is 0 Å². The molecule has 4 aliphatic carbocycles. The molecule has 4 saturated carbocycles. The van der Waals surface area contributed by atoms with Gasteiger partial charge in [0.05, 0.1) is 49.1 Å². The molecule has 0 aromatic rings. The molecule has 0 unspecified atom stereocenters. The summed E-state index contributed by atoms with van der Waals surface area (Å²) in [7, 11) is 0. The SMILES string of the molecule is C=C1C[C@@]23CC[C@H]4[C@@](C)(CCC[C@@]4(C)C(=O)OCCO)[C@@H]2CC[C@]1(O[C@@H]1O[C@H](CCO)[C@@H](O)[C@H](O[C@@H]2O[C@H](CO)C[C@H](O)[C@H]2O)[C@H]1O[C@@H]1O[C@H](CO)[C@@H](O)[C@H](O)[C@H]1O)C3. The summed E-state index contributed by atoms with van der Waals surface area (Å²) < 4.78 is 43.1. The van der Waals surface area contributed by atoms with Crippen LogP contribution in [0.25, 0.3) is 0 Å². The Labute approximate surface area is 344 Å². The summed E-state index contributed by atoms with van der Waals surface area (Å²) >= 11 is 0. The Balaban J connectivity index is 1.20. The van der Waals surface area contributed by atoms with Gasteiger partial charge in [0.2, 0.25) is 0 Å². The minimum Gasteiger partial charge on any atom is -0.463 e. The van der Waals surface area contributed by atoms with E-state index in [1.165, 1.54) is 0 Å². The van der Waals surface area contributed by atoms with Crippen molar-refractivity contribution in [2.45, 2.75) is 176 Å². The summed E-state index contributed by atoms with van der Waals surface area (Å²) in [5.74, 6) is -0.00309. The van der Waals surface area contributed by atoms with Crippen LogP contribution in [-0.4, -0.2) is 182 Å². The fourth-order valence-electron chi connectivity index (χ4n) is 12.6. The molecule has 7 aliphatic rings. The number of esters is 1. The van der Waals surface area contributed by atoms with Gasteiger partial charge in [-0.2, -0.15) is 0 Å². The van der Waals surface area contributed by atoms with Crippen molar-refractivity contribution in [3.63, 3.8) is 0 Å². The van der Waals surface area contributed by atoms with Crippen LogP contribution in [-0.2, 0) is 38.0 Å². The molecule has 1 spiro atoms. The van der Waals surface area contributed by atoms with Crippen molar-refractivity contribution in [2.75, 3.05) is 33.0 Å². The van der Waals surface area contributed by atoms with Gasteiger partial charge in [-0.05, 0) is 93.0 Å². The van der Waals surface area contributed by atoms with Crippen LogP contribution >= 0.6 is 0 Å². The minimum atomic E-state index is -1.87. The maximum Gasteiger partial charge on any atom is 0.312 e. The van der Waals surface area contributed by atoms with Gasteiger partial charge in [0, 0.05) is 13.0 Å². The summed E-state index contributed by atoms with van der Waals surface area (Å²) in [5, 5.41) is 105. The van der Waals surface area contributed by atoms with Gasteiger partial charge in [0.1, 0.15) is 55.4 Å². The van der Waals surface area contributed by atoms with Gasteiger partial charge in [0.15, 0.2) is 18.9 Å². The monoisotopic (exact) mass is 846 g/mol. The van der Waals surface area contributed by atoms with E-state index < -0.39 is 117 Å². The van der Waals surface area contributed by atoms with E-state index in [-0.39, 0.29) is 54.7 Å². The van der Waals surface area contributed by atoms with E-state index in [1.54, 1.807) is 0 Å². The molecule has 18 nitrogen and oxygen atoms in total. The number of aliphatic hydroxyl groups is 10. The molecule has 3 saturated heterocycles. The predicted octanol–water partition coefficient (Wildman–Crippen LogP) is -1.50. The third-order valence-corrected chi connectivity index (χ3v) is 15.4. The molecule has 7 rings (SSSR count). The third kappa shape index (κ3) is 7.95. The van der Waals surface area contributed by atoms with Crippen LogP contribution in [0.4, 0.5) is 0 Å². The zero-order valence-corrected chi connectivity index (χ0v) is 34.0. The highest BCUT2D eigenvalue weighted by molar-refractivity contribution is 5.77. The molecule has 338 valence electrons. The summed E-state index contributed by atoms with van der Waals surface area (Å²) in [4.78, 5) is 13.5. The Kier molecular flexibility index (Phi) is 13.6. The fraction of sp³-hybridized carbons (Fsp3) is 0.927. The third-order valence-electron chi connectivity index (χ3n) is 15.4. The number of hydrogen-bond acceptors (Lipinski definition) is 18. The van der Waals surface area contributed by atoms with Crippen molar-refractivity contribution in [1.29, 1.82) is 0 Å². The second kappa shape index (κ2) is 17.6. The Morgan fingerprint density at radius 1 is 0.746 bits per heavy atom. The molecule has 7 fully saturated rings. The van der Waals surface area contributed by atoms with E-state index in [0.717, 1.165) is 37.7 Å². The van der Waals surface area contributed by atoms with Crippen molar-refractivity contribution in [3.8, 4) is 0 Å². The number of fused-ring (bicyclic) bond motifs is 3. The van der Waals surface area contributed by atoms with Gasteiger partial charge in [-0.25, -0.2) is 0 Å². The van der Waals surface area contributed by atoms with Gasteiger partial charge in [0.25, 0.3) is 0 Å². The second-order valence-electron chi connectivity index (χ2n) is 18.8. The molecule has 10 N–H and O–H groups in total. The fourth-order valence-corrected chi connectivity index (χ4v) is 12.6. The van der Waals surface area contributed by atoms with Gasteiger partial charge in [-0.1, -0.05) is 19.9 Å². The van der Waals surface area contributed by atoms with E-state index in [2.05, 4.69) is 13.5 Å². The van der Waals surface area contributed by atoms with E-state index in [4.69, 9.17) is 33.2 Å². The largest absolute Gasteiger partial charge is 0.463 e. The van der Waals surface area contributed by atoms with E-state index in [1.807, 2.05) is 6.92 Å². The van der Waals surface area contributed by atoms with E-state index in [0.29, 0.717) is 25.7 Å². The summed E-state index contributed by atoms with van der Waals surface area (Å²) in [6.07, 6.45) is -15.0. The van der Waals surface area contributed by atoms with Crippen molar-refractivity contribution in [1.82, 2.24) is 0 Å². The minimum absolute atomic E-state index is 0.0449. The van der Waals surface area contributed by atoms with Crippen LogP contribution in [0, 0.1) is 28.1 Å². The van der Waals surface area contributed by atoms with Crippen molar-refractivity contribution >= 4 is 5.97 Å². The lowest BCUT2D eigenvalue weighted by Crippen LogP contribution is -2.67. The molecule has 0 radical (unpaired) electrons. The predicted molar refractivity (Wildman–Crippen MR) is 200 cm³/mol. The maximum atomic E-state index is 13.5. The van der Waals surface area contributed by atoms with Crippen molar-refractivity contribution in [3.05, 3.63) is 12.2 Å². The van der Waals surface area contributed by atoms with Gasteiger partial charge >= 0.3 is 5.97 Å². The number of carbonyl (C=O) groups excluding carboxylic acids is 1. The first kappa shape index (κ1) is 45.6. The summed E-state index contributed by atoms with van der Waals surface area (Å²) in [5.41, 5.74) is -1.32. The zero-order valence-electron chi connectivity index (χ0n) is 34.0. The second-order valence-corrected chi connectivity index (χ2v) is 18.8. The van der Waals surface area contributed by atoms with Crippen LogP contribution in [0.15, 0.2) is 12.2 Å². The molecular formula is C41H66O18. The van der Waals surface area contributed by atoms with Crippen LogP contribution in [0.3, 0.4) is 0 Å². The number of aliphatic hydroxyl groups excluding tert-OH is 10. The highest BCUT2D eigenvalue weighted by Crippen LogP contribution is 2.73. The zero-order chi connectivity index (χ0) is 42.7. The molecule has 59 heavy (non-hydrogen) atoms. The molecular weight excluding hydrogens is 780 g/mol. The lowest BCUT2D eigenvalue weighted by atomic mass is 9.41.